The number of benzene rings is 1. The van der Waals surface area contributed by atoms with Crippen molar-refractivity contribution in [2.45, 2.75) is 51.7 Å². The van der Waals surface area contributed by atoms with Gasteiger partial charge in [-0.3, -0.25) is 4.79 Å². The molecular formula is C22H23N3O3. The maximum atomic E-state index is 11.9. The molecule has 6 rings (SSSR count). The molecule has 2 unspecified atom stereocenters. The molecule has 1 N–H and O–H groups in total. The lowest BCUT2D eigenvalue weighted by Gasteiger charge is -2.33. The minimum atomic E-state index is -0.00620. The van der Waals surface area contributed by atoms with Crippen LogP contribution in [0.25, 0.3) is 0 Å². The molecule has 6 heteroatoms. The number of pyridine rings is 1. The summed E-state index contributed by atoms with van der Waals surface area (Å²) in [6.07, 6.45) is 2.40. The van der Waals surface area contributed by atoms with E-state index in [-0.39, 0.29) is 12.0 Å². The molecule has 4 aliphatic rings. The van der Waals surface area contributed by atoms with Gasteiger partial charge in [0.15, 0.2) is 0 Å². The number of rotatable bonds is 3. The fourth-order valence-electron chi connectivity index (χ4n) is 4.93. The van der Waals surface area contributed by atoms with Crippen LogP contribution < -0.4 is 15.0 Å². The van der Waals surface area contributed by atoms with Gasteiger partial charge < -0.3 is 19.7 Å². The highest BCUT2D eigenvalue weighted by atomic mass is 16.5. The van der Waals surface area contributed by atoms with Crippen molar-refractivity contribution >= 4 is 11.7 Å². The van der Waals surface area contributed by atoms with Crippen molar-refractivity contribution in [2.24, 2.45) is 5.92 Å². The van der Waals surface area contributed by atoms with Crippen molar-refractivity contribution in [1.82, 2.24) is 10.3 Å². The van der Waals surface area contributed by atoms with E-state index in [2.05, 4.69) is 35.3 Å². The van der Waals surface area contributed by atoms with Gasteiger partial charge in [-0.2, -0.15) is 0 Å². The van der Waals surface area contributed by atoms with Crippen molar-refractivity contribution in [1.29, 1.82) is 0 Å². The average molecular weight is 377 g/mol. The largest absolute Gasteiger partial charge is 0.490 e. The van der Waals surface area contributed by atoms with Crippen LogP contribution in [0.2, 0.25) is 0 Å². The summed E-state index contributed by atoms with van der Waals surface area (Å²) < 4.78 is 11.9. The summed E-state index contributed by atoms with van der Waals surface area (Å²) in [6.45, 7) is 4.94. The second-order valence-corrected chi connectivity index (χ2v) is 8.33. The predicted octanol–water partition coefficient (Wildman–Crippen LogP) is 2.71. The summed E-state index contributed by atoms with van der Waals surface area (Å²) in [4.78, 5) is 19.1. The van der Waals surface area contributed by atoms with E-state index in [1.165, 1.54) is 11.1 Å². The summed E-state index contributed by atoms with van der Waals surface area (Å²) in [5.74, 6) is 2.54. The van der Waals surface area contributed by atoms with Crippen LogP contribution in [0.15, 0.2) is 24.3 Å². The maximum absolute atomic E-state index is 11.9. The minimum absolute atomic E-state index is 0.00620. The Labute approximate surface area is 163 Å². The normalized spacial score (nSPS) is 27.1. The first kappa shape index (κ1) is 16.4. The van der Waals surface area contributed by atoms with Crippen molar-refractivity contribution in [3.05, 3.63) is 52.2 Å². The van der Waals surface area contributed by atoms with Crippen molar-refractivity contribution < 1.29 is 14.3 Å². The van der Waals surface area contributed by atoms with Gasteiger partial charge in [-0.05, 0) is 48.2 Å². The van der Waals surface area contributed by atoms with Crippen LogP contribution in [0.1, 0.15) is 45.6 Å². The monoisotopic (exact) mass is 377 g/mol. The van der Waals surface area contributed by atoms with Gasteiger partial charge in [-0.1, -0.05) is 6.07 Å². The Morgan fingerprint density at radius 3 is 3.07 bits per heavy atom. The van der Waals surface area contributed by atoms with E-state index in [0.717, 1.165) is 47.8 Å². The molecule has 2 fully saturated rings. The van der Waals surface area contributed by atoms with E-state index in [1.807, 2.05) is 6.07 Å². The van der Waals surface area contributed by atoms with E-state index in [4.69, 9.17) is 14.5 Å². The van der Waals surface area contributed by atoms with Crippen LogP contribution in [0.3, 0.4) is 0 Å². The molecule has 4 heterocycles. The number of nitrogens with one attached hydrogen (secondary N) is 1. The Balaban J connectivity index is 1.19. The number of fused-ring (bicyclic) bond motifs is 3. The number of nitrogens with zero attached hydrogens (tertiary/aromatic N) is 2. The Morgan fingerprint density at radius 1 is 1.25 bits per heavy atom. The number of aromatic nitrogens is 1. The van der Waals surface area contributed by atoms with Crippen molar-refractivity contribution in [2.75, 3.05) is 11.4 Å². The zero-order valence-corrected chi connectivity index (χ0v) is 15.9. The molecule has 3 atom stereocenters. The standard InChI is InChI=1S/C22H23N3O3/c1-12-6-16-18(9-23-22(16)26)24-21(12)25-5-4-20(17-8-19(17)25)28-15-3-2-13-10-27-11-14(13)7-15/h2-3,6-7,17,19-20H,4-5,8-11H2,1H3,(H,23,26)/t17-,19?,20?/m0/s1. The molecule has 1 aromatic carbocycles. The third-order valence-corrected chi connectivity index (χ3v) is 6.52. The number of hydrogen-bond acceptors (Lipinski definition) is 5. The van der Waals surface area contributed by atoms with Crippen LogP contribution in [-0.2, 0) is 24.5 Å². The molecule has 1 aliphatic carbocycles. The van der Waals surface area contributed by atoms with Gasteiger partial charge in [0, 0.05) is 24.9 Å². The van der Waals surface area contributed by atoms with Gasteiger partial charge >= 0.3 is 0 Å². The van der Waals surface area contributed by atoms with Gasteiger partial charge in [-0.25, -0.2) is 4.98 Å². The lowest BCUT2D eigenvalue weighted by Crippen LogP contribution is -2.40. The fraction of sp³-hybridized carbons (Fsp3) is 0.455. The Kier molecular flexibility index (Phi) is 3.48. The summed E-state index contributed by atoms with van der Waals surface area (Å²) >= 11 is 0. The molecule has 0 bridgehead atoms. The zero-order valence-electron chi connectivity index (χ0n) is 15.9. The van der Waals surface area contributed by atoms with Crippen LogP contribution >= 0.6 is 0 Å². The number of hydrogen-bond donors (Lipinski definition) is 1. The van der Waals surface area contributed by atoms with E-state index in [9.17, 15) is 4.79 Å². The number of aryl methyl sites for hydroxylation is 1. The second kappa shape index (κ2) is 5.95. The lowest BCUT2D eigenvalue weighted by molar-refractivity contribution is 0.0965. The summed E-state index contributed by atoms with van der Waals surface area (Å²) in [7, 11) is 0. The topological polar surface area (TPSA) is 63.7 Å². The van der Waals surface area contributed by atoms with Gasteiger partial charge in [-0.15, -0.1) is 0 Å². The van der Waals surface area contributed by atoms with Crippen LogP contribution in [0, 0.1) is 12.8 Å². The van der Waals surface area contributed by atoms with Crippen LogP contribution in [0.4, 0.5) is 5.82 Å². The summed E-state index contributed by atoms with van der Waals surface area (Å²) in [5.41, 5.74) is 5.22. The first-order valence-electron chi connectivity index (χ1n) is 10.1. The molecular weight excluding hydrogens is 354 g/mol. The van der Waals surface area contributed by atoms with Gasteiger partial charge in [0.05, 0.1) is 31.0 Å². The van der Waals surface area contributed by atoms with Gasteiger partial charge in [0.2, 0.25) is 0 Å². The SMILES string of the molecule is Cc1cc2c(nc1N1CCC(Oc3ccc4c(c3)COC4)[C@H]3CC31)CNC2=O. The first-order chi connectivity index (χ1) is 13.7. The van der Waals surface area contributed by atoms with Crippen molar-refractivity contribution in [3.63, 3.8) is 0 Å². The molecule has 1 saturated heterocycles. The van der Waals surface area contributed by atoms with E-state index >= 15 is 0 Å². The molecule has 144 valence electrons. The Hall–Kier alpha value is -2.60. The highest BCUT2D eigenvalue weighted by Crippen LogP contribution is 2.47. The van der Waals surface area contributed by atoms with E-state index < -0.39 is 0 Å². The van der Waals surface area contributed by atoms with E-state index in [1.54, 1.807) is 0 Å². The lowest BCUT2D eigenvalue weighted by atomic mass is 10.1. The number of carbonyl (C=O) groups is 1. The first-order valence-corrected chi connectivity index (χ1v) is 10.1. The summed E-state index contributed by atoms with van der Waals surface area (Å²) in [5, 5.41) is 2.87. The maximum Gasteiger partial charge on any atom is 0.253 e. The molecule has 1 amide bonds. The molecule has 2 aromatic rings. The van der Waals surface area contributed by atoms with E-state index in [0.29, 0.717) is 31.7 Å². The third-order valence-electron chi connectivity index (χ3n) is 6.52. The average Bonchev–Trinajstić information content (AvgIpc) is 3.24. The molecule has 0 radical (unpaired) electrons. The second-order valence-electron chi connectivity index (χ2n) is 8.33. The summed E-state index contributed by atoms with van der Waals surface area (Å²) in [6, 6.07) is 8.83. The van der Waals surface area contributed by atoms with Crippen LogP contribution in [-0.4, -0.2) is 29.6 Å². The highest BCUT2D eigenvalue weighted by Gasteiger charge is 2.52. The number of ether oxygens (including phenoxy) is 2. The number of anilines is 1. The van der Waals surface area contributed by atoms with Gasteiger partial charge in [0.1, 0.15) is 17.7 Å². The predicted molar refractivity (Wildman–Crippen MR) is 103 cm³/mol. The smallest absolute Gasteiger partial charge is 0.253 e. The quantitative estimate of drug-likeness (QED) is 0.891. The Bertz CT molecular complexity index is 989. The number of piperidine rings is 1. The molecule has 1 saturated carbocycles. The zero-order chi connectivity index (χ0) is 18.8. The Morgan fingerprint density at radius 2 is 2.14 bits per heavy atom. The molecule has 3 aliphatic heterocycles. The highest BCUT2D eigenvalue weighted by molar-refractivity contribution is 5.98. The molecule has 0 spiro atoms. The third kappa shape index (κ3) is 2.51. The van der Waals surface area contributed by atoms with Crippen molar-refractivity contribution in [3.8, 4) is 5.75 Å². The molecule has 28 heavy (non-hydrogen) atoms. The van der Waals surface area contributed by atoms with Crippen LogP contribution in [0.5, 0.6) is 5.75 Å². The van der Waals surface area contributed by atoms with Gasteiger partial charge in [0.25, 0.3) is 5.91 Å². The number of amides is 1. The molecule has 6 nitrogen and oxygen atoms in total. The number of carbonyl (C=O) groups excluding carboxylic acids is 1. The minimum Gasteiger partial charge on any atom is -0.490 e. The fourth-order valence-corrected chi connectivity index (χ4v) is 4.93. The molecule has 1 aromatic heterocycles.